The smallest absolute Gasteiger partial charge is 0.186 e. The lowest BCUT2D eigenvalue weighted by Crippen LogP contribution is -2.12. The molecule has 0 aliphatic carbocycles. The molecule has 0 aromatic carbocycles. The quantitative estimate of drug-likeness (QED) is 0.748. The van der Waals surface area contributed by atoms with Crippen LogP contribution < -0.4 is 0 Å². The third-order valence-corrected chi connectivity index (χ3v) is 2.73. The summed E-state index contributed by atoms with van der Waals surface area (Å²) in [7, 11) is 1.82. The number of aromatic nitrogens is 4. The largest absolute Gasteiger partial charge is 0.331 e. The second-order valence-electron chi connectivity index (χ2n) is 4.08. The van der Waals surface area contributed by atoms with Gasteiger partial charge in [0.05, 0.1) is 24.6 Å². The van der Waals surface area contributed by atoms with Crippen LogP contribution in [0.3, 0.4) is 0 Å². The van der Waals surface area contributed by atoms with Gasteiger partial charge in [-0.2, -0.15) is 5.10 Å². The zero-order chi connectivity index (χ0) is 12.4. The van der Waals surface area contributed by atoms with E-state index in [1.165, 1.54) is 0 Å². The van der Waals surface area contributed by atoms with Crippen LogP contribution in [-0.2, 0) is 20.0 Å². The molecule has 5 heteroatoms. The van der Waals surface area contributed by atoms with Crippen molar-refractivity contribution < 1.29 is 4.79 Å². The number of aryl methyl sites for hydroxylation is 3. The van der Waals surface area contributed by atoms with E-state index >= 15 is 0 Å². The molecule has 2 aromatic rings. The molecule has 17 heavy (non-hydrogen) atoms. The van der Waals surface area contributed by atoms with E-state index in [-0.39, 0.29) is 5.78 Å². The van der Waals surface area contributed by atoms with Crippen molar-refractivity contribution in [3.05, 3.63) is 35.7 Å². The molecule has 0 radical (unpaired) electrons. The Balaban J connectivity index is 2.21. The Morgan fingerprint density at radius 2 is 2.24 bits per heavy atom. The summed E-state index contributed by atoms with van der Waals surface area (Å²) in [5, 5.41) is 4.33. The van der Waals surface area contributed by atoms with Gasteiger partial charge >= 0.3 is 0 Å². The highest BCUT2D eigenvalue weighted by Crippen LogP contribution is 2.09. The van der Waals surface area contributed by atoms with Gasteiger partial charge in [0, 0.05) is 19.3 Å². The van der Waals surface area contributed by atoms with Crippen molar-refractivity contribution in [3.63, 3.8) is 0 Å². The summed E-state index contributed by atoms with van der Waals surface area (Å²) in [6.07, 6.45) is 3.60. The zero-order valence-electron chi connectivity index (χ0n) is 10.3. The molecular formula is C12H16N4O. The molecule has 0 N–H and O–H groups in total. The van der Waals surface area contributed by atoms with E-state index in [1.807, 2.05) is 31.6 Å². The van der Waals surface area contributed by atoms with Crippen molar-refractivity contribution in [2.75, 3.05) is 0 Å². The lowest BCUT2D eigenvalue weighted by atomic mass is 10.1. The van der Waals surface area contributed by atoms with E-state index in [0.29, 0.717) is 12.1 Å². The second-order valence-corrected chi connectivity index (χ2v) is 4.08. The number of carbonyl (C=O) groups is 1. The monoisotopic (exact) mass is 232 g/mol. The van der Waals surface area contributed by atoms with Crippen LogP contribution in [0.1, 0.15) is 28.8 Å². The van der Waals surface area contributed by atoms with Crippen LogP contribution in [0.2, 0.25) is 0 Å². The van der Waals surface area contributed by atoms with Crippen molar-refractivity contribution in [2.45, 2.75) is 26.8 Å². The SMILES string of the molecule is CCn1nc(C)cc1CC(=O)c1cncn1C. The van der Waals surface area contributed by atoms with Gasteiger partial charge in [-0.3, -0.25) is 9.48 Å². The molecule has 0 unspecified atom stereocenters. The molecule has 0 aliphatic rings. The van der Waals surface area contributed by atoms with E-state index in [0.717, 1.165) is 17.9 Å². The summed E-state index contributed by atoms with van der Waals surface area (Å²) in [6, 6.07) is 1.96. The van der Waals surface area contributed by atoms with Crippen molar-refractivity contribution in [1.29, 1.82) is 0 Å². The molecule has 0 atom stereocenters. The van der Waals surface area contributed by atoms with E-state index < -0.39 is 0 Å². The average molecular weight is 232 g/mol. The first-order valence-corrected chi connectivity index (χ1v) is 5.64. The Hall–Kier alpha value is -1.91. The van der Waals surface area contributed by atoms with E-state index in [1.54, 1.807) is 17.1 Å². The third-order valence-electron chi connectivity index (χ3n) is 2.73. The number of ketones is 1. The fourth-order valence-corrected chi connectivity index (χ4v) is 1.90. The molecule has 0 bridgehead atoms. The topological polar surface area (TPSA) is 52.7 Å². The standard InChI is InChI=1S/C12H16N4O/c1-4-16-10(5-9(2)14-16)6-12(17)11-7-13-8-15(11)3/h5,7-8H,4,6H2,1-3H3. The van der Waals surface area contributed by atoms with Gasteiger partial charge in [-0.1, -0.05) is 0 Å². The third kappa shape index (κ3) is 2.27. The maximum absolute atomic E-state index is 12.1. The number of imidazole rings is 1. The first kappa shape index (κ1) is 11.6. The highest BCUT2D eigenvalue weighted by atomic mass is 16.1. The average Bonchev–Trinajstić information content (AvgIpc) is 2.84. The Kier molecular flexibility index (Phi) is 3.08. The van der Waals surface area contributed by atoms with Crippen molar-refractivity contribution in [3.8, 4) is 0 Å². The van der Waals surface area contributed by atoms with Gasteiger partial charge in [0.2, 0.25) is 0 Å². The van der Waals surface area contributed by atoms with E-state index in [9.17, 15) is 4.79 Å². The van der Waals surface area contributed by atoms with Crippen LogP contribution in [0.5, 0.6) is 0 Å². The highest BCUT2D eigenvalue weighted by molar-refractivity contribution is 5.95. The summed E-state index contributed by atoms with van der Waals surface area (Å²) in [4.78, 5) is 16.0. The number of hydrogen-bond donors (Lipinski definition) is 0. The van der Waals surface area contributed by atoms with Gasteiger partial charge in [0.25, 0.3) is 0 Å². The molecule has 0 saturated heterocycles. The van der Waals surface area contributed by atoms with Crippen LogP contribution >= 0.6 is 0 Å². The van der Waals surface area contributed by atoms with E-state index in [4.69, 9.17) is 0 Å². The van der Waals surface area contributed by atoms with Crippen LogP contribution in [0.25, 0.3) is 0 Å². The summed E-state index contributed by atoms with van der Waals surface area (Å²) in [5.41, 5.74) is 2.53. The lowest BCUT2D eigenvalue weighted by molar-refractivity contribution is 0.0982. The summed E-state index contributed by atoms with van der Waals surface area (Å²) >= 11 is 0. The van der Waals surface area contributed by atoms with Crippen LogP contribution in [0.4, 0.5) is 0 Å². The summed E-state index contributed by atoms with van der Waals surface area (Å²) in [6.45, 7) is 4.73. The molecule has 0 spiro atoms. The maximum atomic E-state index is 12.1. The van der Waals surface area contributed by atoms with Gasteiger partial charge < -0.3 is 4.57 Å². The predicted octanol–water partition coefficient (Wildman–Crippen LogP) is 1.37. The van der Waals surface area contributed by atoms with Gasteiger partial charge in [0.15, 0.2) is 5.78 Å². The van der Waals surface area contributed by atoms with Gasteiger partial charge in [-0.15, -0.1) is 0 Å². The molecule has 0 amide bonds. The number of Topliss-reactive ketones (excluding diaryl/α,β-unsaturated/α-hetero) is 1. The van der Waals surface area contributed by atoms with Crippen molar-refractivity contribution >= 4 is 5.78 Å². The normalized spacial score (nSPS) is 10.8. The minimum Gasteiger partial charge on any atom is -0.331 e. The van der Waals surface area contributed by atoms with Crippen LogP contribution in [0.15, 0.2) is 18.6 Å². The number of rotatable bonds is 4. The Morgan fingerprint density at radius 3 is 2.82 bits per heavy atom. The number of nitrogens with zero attached hydrogens (tertiary/aromatic N) is 4. The molecule has 0 saturated carbocycles. The lowest BCUT2D eigenvalue weighted by Gasteiger charge is -2.04. The Morgan fingerprint density at radius 1 is 1.47 bits per heavy atom. The minimum absolute atomic E-state index is 0.0691. The van der Waals surface area contributed by atoms with Gasteiger partial charge in [0.1, 0.15) is 5.69 Å². The minimum atomic E-state index is 0.0691. The zero-order valence-corrected chi connectivity index (χ0v) is 10.3. The van der Waals surface area contributed by atoms with Crippen LogP contribution in [0, 0.1) is 6.92 Å². The molecule has 2 heterocycles. The van der Waals surface area contributed by atoms with E-state index in [2.05, 4.69) is 10.1 Å². The summed E-state index contributed by atoms with van der Waals surface area (Å²) in [5.74, 6) is 0.0691. The molecule has 0 aliphatic heterocycles. The molecule has 5 nitrogen and oxygen atoms in total. The Labute approximate surface area is 100 Å². The van der Waals surface area contributed by atoms with Gasteiger partial charge in [-0.25, -0.2) is 4.98 Å². The Bertz CT molecular complexity index is 538. The van der Waals surface area contributed by atoms with Crippen molar-refractivity contribution in [1.82, 2.24) is 19.3 Å². The van der Waals surface area contributed by atoms with Gasteiger partial charge in [-0.05, 0) is 19.9 Å². The molecule has 90 valence electrons. The predicted molar refractivity (Wildman–Crippen MR) is 63.9 cm³/mol. The molecule has 2 rings (SSSR count). The molecular weight excluding hydrogens is 216 g/mol. The maximum Gasteiger partial charge on any atom is 0.186 e. The summed E-state index contributed by atoms with van der Waals surface area (Å²) < 4.78 is 3.60. The highest BCUT2D eigenvalue weighted by Gasteiger charge is 2.14. The molecule has 0 fully saturated rings. The number of carbonyl (C=O) groups excluding carboxylic acids is 1. The fourth-order valence-electron chi connectivity index (χ4n) is 1.90. The second kappa shape index (κ2) is 4.53. The molecule has 2 aromatic heterocycles. The first-order chi connectivity index (χ1) is 8.11. The first-order valence-electron chi connectivity index (χ1n) is 5.64. The fraction of sp³-hybridized carbons (Fsp3) is 0.417. The van der Waals surface area contributed by atoms with Crippen LogP contribution in [-0.4, -0.2) is 25.1 Å². The number of hydrogen-bond acceptors (Lipinski definition) is 3. The van der Waals surface area contributed by atoms with Crippen molar-refractivity contribution in [2.24, 2.45) is 7.05 Å².